The summed E-state index contributed by atoms with van der Waals surface area (Å²) in [5.74, 6) is 0.659. The molecule has 1 aromatic rings. The van der Waals surface area contributed by atoms with E-state index in [1.54, 1.807) is 7.11 Å². The van der Waals surface area contributed by atoms with Gasteiger partial charge in [0.05, 0.1) is 48.1 Å². The van der Waals surface area contributed by atoms with Gasteiger partial charge in [0.15, 0.2) is 5.79 Å². The van der Waals surface area contributed by atoms with E-state index >= 15 is 0 Å². The Morgan fingerprint density at radius 3 is 2.25 bits per heavy atom. The number of rotatable bonds is 21. The van der Waals surface area contributed by atoms with Gasteiger partial charge in [-0.05, 0) is 124 Å². The molecule has 288 valence electrons. The molecule has 3 rings (SSSR count). The van der Waals surface area contributed by atoms with Crippen LogP contribution < -0.4 is 4.74 Å². The van der Waals surface area contributed by atoms with Crippen molar-refractivity contribution < 1.29 is 28.1 Å². The Morgan fingerprint density at radius 2 is 1.69 bits per heavy atom. The van der Waals surface area contributed by atoms with Gasteiger partial charge in [-0.3, -0.25) is 0 Å². The maximum absolute atomic E-state index is 7.41. The van der Waals surface area contributed by atoms with E-state index in [0.29, 0.717) is 42.2 Å². The van der Waals surface area contributed by atoms with Crippen LogP contribution in [0.5, 0.6) is 5.75 Å². The van der Waals surface area contributed by atoms with Gasteiger partial charge in [0.2, 0.25) is 8.32 Å². The minimum atomic E-state index is -2.16. The first-order valence-electron chi connectivity index (χ1n) is 18.9. The predicted molar refractivity (Wildman–Crippen MR) is 221 cm³/mol. The Kier molecular flexibility index (Phi) is 18.4. The smallest absolute Gasteiger partial charge is 0.201 e. The average molecular weight is 855 g/mol. The zero-order chi connectivity index (χ0) is 37.8. The van der Waals surface area contributed by atoms with Gasteiger partial charge < -0.3 is 28.1 Å². The van der Waals surface area contributed by atoms with E-state index in [1.165, 1.54) is 5.57 Å². The molecule has 0 aromatic heterocycles. The molecule has 2 heterocycles. The molecule has 1 fully saturated rings. The molecule has 1 unspecified atom stereocenters. The Hall–Kier alpha value is -1.04. The highest BCUT2D eigenvalue weighted by Gasteiger charge is 2.46. The van der Waals surface area contributed by atoms with Crippen molar-refractivity contribution in [2.75, 3.05) is 13.7 Å². The van der Waals surface area contributed by atoms with Gasteiger partial charge in [0.1, 0.15) is 11.9 Å². The monoisotopic (exact) mass is 852 g/mol. The van der Waals surface area contributed by atoms with Crippen LogP contribution in [0.3, 0.4) is 0 Å². The van der Waals surface area contributed by atoms with Crippen molar-refractivity contribution >= 4 is 40.2 Å². The van der Waals surface area contributed by atoms with Gasteiger partial charge in [0.25, 0.3) is 0 Å². The zero-order valence-corrected chi connectivity index (χ0v) is 37.1. The van der Waals surface area contributed by atoms with Crippen LogP contribution >= 0.6 is 31.9 Å². The molecule has 51 heavy (non-hydrogen) atoms. The minimum absolute atomic E-state index is 0.0595. The van der Waals surface area contributed by atoms with E-state index in [9.17, 15) is 0 Å². The molecule has 0 radical (unpaired) electrons. The Morgan fingerprint density at radius 1 is 1.02 bits per heavy atom. The fourth-order valence-corrected chi connectivity index (χ4v) is 13.8. The van der Waals surface area contributed by atoms with Gasteiger partial charge in [-0.1, -0.05) is 103 Å². The molecule has 0 saturated carbocycles. The van der Waals surface area contributed by atoms with Crippen LogP contribution in [0.1, 0.15) is 106 Å². The van der Waals surface area contributed by atoms with Gasteiger partial charge in [-0.2, -0.15) is 0 Å². The largest absolute Gasteiger partial charge is 0.497 e. The third-order valence-electron chi connectivity index (χ3n) is 10.3. The van der Waals surface area contributed by atoms with Gasteiger partial charge in [-0.25, -0.2) is 0 Å². The number of methoxy groups -OCH3 is 1. The molecule has 6 atom stereocenters. The summed E-state index contributed by atoms with van der Waals surface area (Å²) in [7, 11) is -0.483. The molecule has 0 aliphatic carbocycles. The maximum atomic E-state index is 7.41. The second-order valence-corrected chi connectivity index (χ2v) is 24.1. The van der Waals surface area contributed by atoms with Crippen molar-refractivity contribution in [2.24, 2.45) is 5.92 Å². The molecule has 9 heteroatoms. The molecule has 6 nitrogen and oxygen atoms in total. The summed E-state index contributed by atoms with van der Waals surface area (Å²) in [4.78, 5) is 0. The first-order valence-corrected chi connectivity index (χ1v) is 22.7. The third-order valence-corrected chi connectivity index (χ3v) is 17.0. The van der Waals surface area contributed by atoms with Crippen molar-refractivity contribution in [1.29, 1.82) is 0 Å². The third kappa shape index (κ3) is 14.3. The predicted octanol–water partition coefficient (Wildman–Crippen LogP) is 12.3. The maximum Gasteiger partial charge on any atom is 0.201 e. The van der Waals surface area contributed by atoms with Crippen LogP contribution in [-0.4, -0.2) is 58.3 Å². The summed E-state index contributed by atoms with van der Waals surface area (Å²) in [5, 5.41) is 0. The fourth-order valence-electron chi connectivity index (χ4n) is 7.95. The van der Waals surface area contributed by atoms with Crippen LogP contribution in [0.2, 0.25) is 16.6 Å². The van der Waals surface area contributed by atoms with Crippen LogP contribution in [0, 0.1) is 5.92 Å². The molecule has 0 bridgehead atoms. The summed E-state index contributed by atoms with van der Waals surface area (Å²) in [6.07, 6.45) is 16.3. The number of hydrogen-bond donors (Lipinski definition) is 0. The fraction of sp³-hybridized carbons (Fsp3) is 0.667. The molecule has 0 spiro atoms. The topological polar surface area (TPSA) is 55.4 Å². The summed E-state index contributed by atoms with van der Waals surface area (Å²) in [5.41, 5.74) is 3.77. The van der Waals surface area contributed by atoms with Crippen molar-refractivity contribution in [2.45, 2.75) is 160 Å². The van der Waals surface area contributed by atoms with Crippen LogP contribution in [0.4, 0.5) is 0 Å². The lowest BCUT2D eigenvalue weighted by Crippen LogP contribution is -2.50. The van der Waals surface area contributed by atoms with Crippen LogP contribution in [0.25, 0.3) is 0 Å². The number of ether oxygens (including phenoxy) is 5. The van der Waals surface area contributed by atoms with E-state index in [4.69, 9.17) is 28.1 Å². The van der Waals surface area contributed by atoms with Crippen LogP contribution in [-0.2, 0) is 30.0 Å². The Bertz CT molecular complexity index is 1260. The van der Waals surface area contributed by atoms with Gasteiger partial charge in [-0.15, -0.1) is 0 Å². The molecular weight excluding hydrogens is 788 g/mol. The summed E-state index contributed by atoms with van der Waals surface area (Å²) < 4.78 is 39.0. The average Bonchev–Trinajstić information content (AvgIpc) is 3.42. The summed E-state index contributed by atoms with van der Waals surface area (Å²) >= 11 is 6.92. The molecule has 2 aliphatic rings. The highest BCUT2D eigenvalue weighted by Crippen LogP contribution is 2.44. The molecule has 1 saturated heterocycles. The summed E-state index contributed by atoms with van der Waals surface area (Å²) in [6, 6.07) is 8.02. The highest BCUT2D eigenvalue weighted by molar-refractivity contribution is 9.28. The van der Waals surface area contributed by atoms with E-state index in [-0.39, 0.29) is 30.5 Å². The molecule has 0 amide bonds. The first-order chi connectivity index (χ1) is 24.0. The lowest BCUT2D eigenvalue weighted by Gasteiger charge is -2.44. The van der Waals surface area contributed by atoms with Gasteiger partial charge >= 0.3 is 0 Å². The number of halogens is 2. The van der Waals surface area contributed by atoms with Crippen molar-refractivity contribution in [1.82, 2.24) is 0 Å². The number of benzene rings is 1. The Balaban J connectivity index is 1.75. The minimum Gasteiger partial charge on any atom is -0.497 e. The highest BCUT2D eigenvalue weighted by atomic mass is 79.9. The van der Waals surface area contributed by atoms with E-state index in [1.807, 2.05) is 38.1 Å². The quantitative estimate of drug-likeness (QED) is 0.0907. The van der Waals surface area contributed by atoms with Gasteiger partial charge in [0, 0.05) is 0 Å². The van der Waals surface area contributed by atoms with E-state index in [0.717, 1.165) is 46.8 Å². The van der Waals surface area contributed by atoms with Crippen molar-refractivity contribution in [3.63, 3.8) is 0 Å². The molecule has 1 aromatic carbocycles. The van der Waals surface area contributed by atoms with Crippen molar-refractivity contribution in [3.05, 3.63) is 75.8 Å². The van der Waals surface area contributed by atoms with Crippen molar-refractivity contribution in [3.8, 4) is 5.75 Å². The molecule has 0 N–H and O–H groups in total. The SMILES string of the molecule is C=C(CC(C=CC[C@@H](OCc1ccc(OC)cc1)[C@@H]1COC(C)(C)O1)O[Si](C(C)C)(C(C)C)C(C)C)C[C@H](C)C[C@@H]1CC=C[C@@H](CC=C(Br)Br)O1. The Labute approximate surface area is 328 Å². The second kappa shape index (κ2) is 21.2. The second-order valence-electron chi connectivity index (χ2n) is 15.9. The normalized spacial score (nSPS) is 22.5. The molecule has 2 aliphatic heterocycles. The first kappa shape index (κ1) is 44.4. The molecular formula is C42H66Br2O6Si. The van der Waals surface area contributed by atoms with E-state index < -0.39 is 14.1 Å². The standard InChI is InChI=1S/C42H66Br2O6Si/c1-29(2)51(30(3)4,31(5)6)50-38(26-33(8)24-32(7)25-37-15-12-14-36(48-37)22-23-41(43)44)16-13-17-39(40-28-47-42(9,10)49-40)46-27-34-18-20-35(45-11)21-19-34/h12-14,16,18-21,23,29-32,36-40H,8,15,17,22,24-28H2,1-7,9-11H3/t32-,36-,37-,38?,39+,40-/m0/s1. The lowest BCUT2D eigenvalue weighted by atomic mass is 9.91. The van der Waals surface area contributed by atoms with Crippen LogP contribution in [0.15, 0.2) is 70.2 Å². The number of hydrogen-bond acceptors (Lipinski definition) is 6. The summed E-state index contributed by atoms with van der Waals surface area (Å²) in [6.45, 7) is 26.0. The van der Waals surface area contributed by atoms with E-state index in [2.05, 4.69) is 117 Å². The zero-order valence-electron chi connectivity index (χ0n) is 33.0. The lowest BCUT2D eigenvalue weighted by molar-refractivity contribution is -0.157.